The molecule has 0 bridgehead atoms. The van der Waals surface area contributed by atoms with Gasteiger partial charge in [0.25, 0.3) is 0 Å². The minimum absolute atomic E-state index is 0.0529. The SMILES string of the molecule is CC(C)(C)C(Cl)c1ccc2ccccc2c1. The molecule has 0 N–H and O–H groups in total. The average molecular weight is 233 g/mol. The van der Waals surface area contributed by atoms with Gasteiger partial charge in [0.15, 0.2) is 0 Å². The maximum atomic E-state index is 6.48. The summed E-state index contributed by atoms with van der Waals surface area (Å²) in [7, 11) is 0. The van der Waals surface area contributed by atoms with Gasteiger partial charge in [-0.15, -0.1) is 11.6 Å². The normalized spacial score (nSPS) is 14.0. The zero-order valence-electron chi connectivity index (χ0n) is 10.00. The van der Waals surface area contributed by atoms with Crippen LogP contribution in [0.3, 0.4) is 0 Å². The molecule has 16 heavy (non-hydrogen) atoms. The average Bonchev–Trinajstić information content (AvgIpc) is 2.26. The number of hydrogen-bond donors (Lipinski definition) is 0. The highest BCUT2D eigenvalue weighted by atomic mass is 35.5. The van der Waals surface area contributed by atoms with Gasteiger partial charge in [0.1, 0.15) is 0 Å². The fourth-order valence-electron chi connectivity index (χ4n) is 1.87. The van der Waals surface area contributed by atoms with Gasteiger partial charge in [0.05, 0.1) is 5.38 Å². The molecule has 0 heterocycles. The van der Waals surface area contributed by atoms with Gasteiger partial charge in [-0.3, -0.25) is 0 Å². The summed E-state index contributed by atoms with van der Waals surface area (Å²) in [5.74, 6) is 0. The smallest absolute Gasteiger partial charge is 0.0633 e. The second-order valence-corrected chi connectivity index (χ2v) is 5.77. The molecule has 84 valence electrons. The molecule has 2 aromatic rings. The molecule has 0 spiro atoms. The van der Waals surface area contributed by atoms with Crippen LogP contribution in [0, 0.1) is 5.41 Å². The Balaban J connectivity index is 2.47. The molecule has 0 saturated heterocycles. The molecule has 1 heteroatoms. The lowest BCUT2D eigenvalue weighted by molar-refractivity contribution is 0.396. The standard InChI is InChI=1S/C15H17Cl/c1-15(2,3)14(16)13-9-8-11-6-4-5-7-12(11)10-13/h4-10,14H,1-3H3. The molecule has 0 aromatic heterocycles. The second kappa shape index (κ2) is 4.10. The second-order valence-electron chi connectivity index (χ2n) is 5.34. The van der Waals surface area contributed by atoms with Gasteiger partial charge >= 0.3 is 0 Å². The van der Waals surface area contributed by atoms with Gasteiger partial charge in [-0.1, -0.05) is 57.2 Å². The summed E-state index contributed by atoms with van der Waals surface area (Å²) in [6.07, 6.45) is 0. The van der Waals surface area contributed by atoms with Gasteiger partial charge < -0.3 is 0 Å². The summed E-state index contributed by atoms with van der Waals surface area (Å²) in [6, 6.07) is 14.8. The first-order valence-corrected chi connectivity index (χ1v) is 6.05. The Morgan fingerprint density at radius 1 is 0.938 bits per heavy atom. The topological polar surface area (TPSA) is 0 Å². The molecule has 0 saturated carbocycles. The predicted octanol–water partition coefficient (Wildman–Crippen LogP) is 5.17. The summed E-state index contributed by atoms with van der Waals surface area (Å²) in [5.41, 5.74) is 1.29. The third kappa shape index (κ3) is 2.22. The predicted molar refractivity (Wildman–Crippen MR) is 72.0 cm³/mol. The number of benzene rings is 2. The number of hydrogen-bond acceptors (Lipinski definition) is 0. The Bertz CT molecular complexity index is 494. The van der Waals surface area contributed by atoms with Crippen LogP contribution in [0.15, 0.2) is 42.5 Å². The molecule has 0 aliphatic rings. The Morgan fingerprint density at radius 2 is 1.56 bits per heavy atom. The van der Waals surface area contributed by atoms with E-state index in [1.165, 1.54) is 16.3 Å². The highest BCUT2D eigenvalue weighted by molar-refractivity contribution is 6.21. The van der Waals surface area contributed by atoms with Gasteiger partial charge in [0.2, 0.25) is 0 Å². The fraction of sp³-hybridized carbons (Fsp3) is 0.333. The van der Waals surface area contributed by atoms with Crippen molar-refractivity contribution in [2.45, 2.75) is 26.1 Å². The molecule has 0 amide bonds. The third-order valence-electron chi connectivity index (χ3n) is 2.83. The first-order chi connectivity index (χ1) is 7.48. The van der Waals surface area contributed by atoms with Crippen LogP contribution in [-0.2, 0) is 0 Å². The Kier molecular flexibility index (Phi) is 2.94. The molecule has 0 aliphatic carbocycles. The van der Waals surface area contributed by atoms with E-state index in [0.29, 0.717) is 0 Å². The van der Waals surface area contributed by atoms with Crippen LogP contribution in [0.4, 0.5) is 0 Å². The lowest BCUT2D eigenvalue weighted by atomic mass is 9.87. The van der Waals surface area contributed by atoms with E-state index in [1.807, 2.05) is 0 Å². The van der Waals surface area contributed by atoms with Gasteiger partial charge in [0, 0.05) is 0 Å². The van der Waals surface area contributed by atoms with Crippen molar-refractivity contribution in [2.75, 3.05) is 0 Å². The van der Waals surface area contributed by atoms with Crippen LogP contribution >= 0.6 is 11.6 Å². The zero-order chi connectivity index (χ0) is 11.8. The maximum absolute atomic E-state index is 6.48. The summed E-state index contributed by atoms with van der Waals surface area (Å²) in [6.45, 7) is 6.50. The lowest BCUT2D eigenvalue weighted by Crippen LogP contribution is -2.13. The van der Waals surface area contributed by atoms with Crippen molar-refractivity contribution in [3.05, 3.63) is 48.0 Å². The van der Waals surface area contributed by atoms with E-state index in [2.05, 4.69) is 63.2 Å². The van der Waals surface area contributed by atoms with Crippen LogP contribution in [0.5, 0.6) is 0 Å². The largest absolute Gasteiger partial charge is 0.117 e. The summed E-state index contributed by atoms with van der Waals surface area (Å²) >= 11 is 6.48. The first kappa shape index (κ1) is 11.5. The maximum Gasteiger partial charge on any atom is 0.0633 e. The van der Waals surface area contributed by atoms with Crippen LogP contribution < -0.4 is 0 Å². The van der Waals surface area contributed by atoms with Crippen molar-refractivity contribution in [2.24, 2.45) is 5.41 Å². The van der Waals surface area contributed by atoms with Gasteiger partial charge in [-0.05, 0) is 27.8 Å². The highest BCUT2D eigenvalue weighted by Gasteiger charge is 2.23. The van der Waals surface area contributed by atoms with E-state index in [9.17, 15) is 0 Å². The Hall–Kier alpha value is -1.01. The van der Waals surface area contributed by atoms with Crippen molar-refractivity contribution in [1.82, 2.24) is 0 Å². The molecule has 0 fully saturated rings. The first-order valence-electron chi connectivity index (χ1n) is 5.61. The zero-order valence-corrected chi connectivity index (χ0v) is 10.8. The molecule has 2 rings (SSSR count). The molecular formula is C15H17Cl. The van der Waals surface area contributed by atoms with E-state index >= 15 is 0 Å². The minimum Gasteiger partial charge on any atom is -0.117 e. The minimum atomic E-state index is 0.0529. The van der Waals surface area contributed by atoms with Crippen molar-refractivity contribution in [1.29, 1.82) is 0 Å². The number of fused-ring (bicyclic) bond motifs is 1. The van der Waals surface area contributed by atoms with Crippen molar-refractivity contribution in [3.63, 3.8) is 0 Å². The van der Waals surface area contributed by atoms with E-state index < -0.39 is 0 Å². The summed E-state index contributed by atoms with van der Waals surface area (Å²) in [4.78, 5) is 0. The van der Waals surface area contributed by atoms with E-state index in [0.717, 1.165) is 0 Å². The van der Waals surface area contributed by atoms with Crippen LogP contribution in [-0.4, -0.2) is 0 Å². The van der Waals surface area contributed by atoms with Gasteiger partial charge in [-0.2, -0.15) is 0 Å². The number of rotatable bonds is 1. The molecule has 1 unspecified atom stereocenters. The van der Waals surface area contributed by atoms with Crippen LogP contribution in [0.2, 0.25) is 0 Å². The van der Waals surface area contributed by atoms with Gasteiger partial charge in [-0.25, -0.2) is 0 Å². The highest BCUT2D eigenvalue weighted by Crippen LogP contribution is 2.39. The Morgan fingerprint density at radius 3 is 2.19 bits per heavy atom. The lowest BCUT2D eigenvalue weighted by Gasteiger charge is -2.25. The number of alkyl halides is 1. The van der Waals surface area contributed by atoms with Crippen molar-refractivity contribution >= 4 is 22.4 Å². The molecular weight excluding hydrogens is 216 g/mol. The van der Waals surface area contributed by atoms with E-state index in [1.54, 1.807) is 0 Å². The van der Waals surface area contributed by atoms with E-state index in [-0.39, 0.29) is 10.8 Å². The summed E-state index contributed by atoms with van der Waals surface area (Å²) < 4.78 is 0. The third-order valence-corrected chi connectivity index (χ3v) is 3.73. The van der Waals surface area contributed by atoms with Crippen molar-refractivity contribution in [3.8, 4) is 0 Å². The molecule has 0 nitrogen and oxygen atoms in total. The number of halogens is 1. The Labute approximate surface area is 102 Å². The van der Waals surface area contributed by atoms with Crippen LogP contribution in [0.25, 0.3) is 10.8 Å². The molecule has 0 radical (unpaired) electrons. The molecule has 2 aromatic carbocycles. The van der Waals surface area contributed by atoms with Crippen molar-refractivity contribution < 1.29 is 0 Å². The fourth-order valence-corrected chi connectivity index (χ4v) is 2.00. The quantitative estimate of drug-likeness (QED) is 0.596. The van der Waals surface area contributed by atoms with Crippen LogP contribution in [0.1, 0.15) is 31.7 Å². The molecule has 0 aliphatic heterocycles. The summed E-state index contributed by atoms with van der Waals surface area (Å²) in [5, 5.41) is 2.58. The van der Waals surface area contributed by atoms with E-state index in [4.69, 9.17) is 11.6 Å². The molecule has 1 atom stereocenters. The monoisotopic (exact) mass is 232 g/mol.